The van der Waals surface area contributed by atoms with E-state index in [4.69, 9.17) is 14.2 Å². The molecule has 1 aromatic heterocycles. The van der Waals surface area contributed by atoms with Gasteiger partial charge < -0.3 is 14.2 Å². The standard InChI is InChI=1S/C14H8BrNO3/c15-14-4-9-2-1-8-3-11-12(18-7-17-11)5-10(8)19-13(9)6-16-14/h1-6H,7H2. The summed E-state index contributed by atoms with van der Waals surface area (Å²) >= 11 is 3.35. The first kappa shape index (κ1) is 10.9. The van der Waals surface area contributed by atoms with E-state index in [1.165, 1.54) is 0 Å². The first-order valence-corrected chi connectivity index (χ1v) is 6.54. The lowest BCUT2D eigenvalue weighted by molar-refractivity contribution is 0.174. The first-order valence-electron chi connectivity index (χ1n) is 5.75. The molecule has 0 saturated carbocycles. The Bertz CT molecular complexity index is 712. The van der Waals surface area contributed by atoms with Crippen molar-refractivity contribution < 1.29 is 14.2 Å². The third-order valence-electron chi connectivity index (χ3n) is 3.03. The molecule has 94 valence electrons. The summed E-state index contributed by atoms with van der Waals surface area (Å²) in [6, 6.07) is 5.68. The lowest BCUT2D eigenvalue weighted by Crippen LogP contribution is -1.93. The zero-order valence-corrected chi connectivity index (χ0v) is 11.3. The molecular weight excluding hydrogens is 310 g/mol. The zero-order valence-electron chi connectivity index (χ0n) is 9.72. The summed E-state index contributed by atoms with van der Waals surface area (Å²) in [5.41, 5.74) is 1.93. The lowest BCUT2D eigenvalue weighted by atomic mass is 10.1. The van der Waals surface area contributed by atoms with Crippen molar-refractivity contribution in [3.63, 3.8) is 0 Å². The highest BCUT2D eigenvalue weighted by Crippen LogP contribution is 2.42. The number of nitrogens with zero attached hydrogens (tertiary/aromatic N) is 1. The van der Waals surface area contributed by atoms with Crippen LogP contribution in [0.2, 0.25) is 0 Å². The summed E-state index contributed by atoms with van der Waals surface area (Å²) in [5, 5.41) is 0. The molecule has 0 radical (unpaired) electrons. The molecule has 0 amide bonds. The van der Waals surface area contributed by atoms with Gasteiger partial charge in [0.2, 0.25) is 6.79 Å². The molecule has 1 aromatic carbocycles. The van der Waals surface area contributed by atoms with Crippen molar-refractivity contribution >= 4 is 28.1 Å². The number of halogens is 1. The maximum absolute atomic E-state index is 5.90. The van der Waals surface area contributed by atoms with Crippen LogP contribution in [0.15, 0.2) is 29.0 Å². The second-order valence-electron chi connectivity index (χ2n) is 4.22. The molecular formula is C14H8BrNO3. The topological polar surface area (TPSA) is 40.6 Å². The Balaban J connectivity index is 1.87. The summed E-state index contributed by atoms with van der Waals surface area (Å²) in [7, 11) is 0. The van der Waals surface area contributed by atoms with Gasteiger partial charge in [-0.25, -0.2) is 4.98 Å². The van der Waals surface area contributed by atoms with Crippen molar-refractivity contribution in [1.29, 1.82) is 0 Å². The summed E-state index contributed by atoms with van der Waals surface area (Å²) in [5.74, 6) is 2.92. The van der Waals surface area contributed by atoms with Gasteiger partial charge in [0.05, 0.1) is 6.20 Å². The van der Waals surface area contributed by atoms with Crippen LogP contribution >= 0.6 is 15.9 Å². The van der Waals surface area contributed by atoms with Crippen LogP contribution in [-0.4, -0.2) is 11.8 Å². The van der Waals surface area contributed by atoms with Gasteiger partial charge in [0, 0.05) is 17.2 Å². The van der Waals surface area contributed by atoms with Crippen molar-refractivity contribution in [1.82, 2.24) is 4.98 Å². The van der Waals surface area contributed by atoms with E-state index in [1.807, 2.05) is 30.4 Å². The van der Waals surface area contributed by atoms with Crippen molar-refractivity contribution in [2.75, 3.05) is 6.79 Å². The highest BCUT2D eigenvalue weighted by molar-refractivity contribution is 9.10. The maximum Gasteiger partial charge on any atom is 0.231 e. The molecule has 2 aliphatic rings. The van der Waals surface area contributed by atoms with Crippen LogP contribution in [0.3, 0.4) is 0 Å². The molecule has 0 unspecified atom stereocenters. The smallest absolute Gasteiger partial charge is 0.231 e. The van der Waals surface area contributed by atoms with Gasteiger partial charge in [-0.05, 0) is 28.1 Å². The molecule has 19 heavy (non-hydrogen) atoms. The summed E-state index contributed by atoms with van der Waals surface area (Å²) in [6.07, 6.45) is 5.69. The Kier molecular flexibility index (Phi) is 2.29. The van der Waals surface area contributed by atoms with Gasteiger partial charge in [-0.3, -0.25) is 0 Å². The second kappa shape index (κ2) is 3.99. The van der Waals surface area contributed by atoms with E-state index in [-0.39, 0.29) is 6.79 Å². The summed E-state index contributed by atoms with van der Waals surface area (Å²) in [4.78, 5) is 4.18. The molecule has 4 nitrogen and oxygen atoms in total. The highest BCUT2D eigenvalue weighted by atomic mass is 79.9. The van der Waals surface area contributed by atoms with Crippen molar-refractivity contribution in [2.24, 2.45) is 0 Å². The molecule has 4 rings (SSSR count). The molecule has 0 spiro atoms. The van der Waals surface area contributed by atoms with E-state index in [0.717, 1.165) is 33.0 Å². The van der Waals surface area contributed by atoms with Gasteiger partial charge in [-0.15, -0.1) is 0 Å². The van der Waals surface area contributed by atoms with Crippen molar-refractivity contribution in [3.8, 4) is 23.0 Å². The molecule has 0 aliphatic carbocycles. The van der Waals surface area contributed by atoms with E-state index in [9.17, 15) is 0 Å². The lowest BCUT2D eigenvalue weighted by Gasteiger charge is -2.09. The first-order chi connectivity index (χ1) is 9.29. The minimum atomic E-state index is 0.257. The number of benzene rings is 1. The second-order valence-corrected chi connectivity index (χ2v) is 5.04. The molecule has 5 heteroatoms. The zero-order chi connectivity index (χ0) is 12.8. The average Bonchev–Trinajstić information content (AvgIpc) is 2.78. The van der Waals surface area contributed by atoms with Crippen LogP contribution in [0.1, 0.15) is 11.1 Å². The normalized spacial score (nSPS) is 14.4. The molecule has 2 aromatic rings. The monoisotopic (exact) mass is 317 g/mol. The van der Waals surface area contributed by atoms with Crippen LogP contribution in [0.4, 0.5) is 0 Å². The summed E-state index contributed by atoms with van der Waals surface area (Å²) in [6.45, 7) is 0.257. The molecule has 0 atom stereocenters. The van der Waals surface area contributed by atoms with Crippen LogP contribution in [0.5, 0.6) is 23.0 Å². The number of fused-ring (bicyclic) bond motifs is 3. The number of pyridine rings is 1. The van der Waals surface area contributed by atoms with Crippen LogP contribution < -0.4 is 14.2 Å². The Morgan fingerprint density at radius 2 is 1.63 bits per heavy atom. The summed E-state index contributed by atoms with van der Waals surface area (Å²) < 4.78 is 17.4. The van der Waals surface area contributed by atoms with E-state index >= 15 is 0 Å². The van der Waals surface area contributed by atoms with E-state index in [2.05, 4.69) is 20.9 Å². The molecule has 2 aliphatic heterocycles. The van der Waals surface area contributed by atoms with Crippen LogP contribution in [0, 0.1) is 0 Å². The van der Waals surface area contributed by atoms with Crippen LogP contribution in [0.25, 0.3) is 12.2 Å². The fourth-order valence-electron chi connectivity index (χ4n) is 2.10. The molecule has 0 N–H and O–H groups in total. The largest absolute Gasteiger partial charge is 0.454 e. The Labute approximate surface area is 117 Å². The predicted molar refractivity (Wildman–Crippen MR) is 73.5 cm³/mol. The predicted octanol–water partition coefficient (Wildman–Crippen LogP) is 3.85. The maximum atomic E-state index is 5.90. The average molecular weight is 318 g/mol. The molecule has 0 saturated heterocycles. The molecule has 0 bridgehead atoms. The number of aromatic nitrogens is 1. The van der Waals surface area contributed by atoms with Gasteiger partial charge in [0.25, 0.3) is 0 Å². The van der Waals surface area contributed by atoms with Gasteiger partial charge >= 0.3 is 0 Å². The quantitative estimate of drug-likeness (QED) is 0.590. The van der Waals surface area contributed by atoms with Crippen molar-refractivity contribution in [3.05, 3.63) is 40.1 Å². The molecule has 0 fully saturated rings. The van der Waals surface area contributed by atoms with Crippen LogP contribution in [-0.2, 0) is 0 Å². The van der Waals surface area contributed by atoms with E-state index in [0.29, 0.717) is 5.75 Å². The fraction of sp³-hybridized carbons (Fsp3) is 0.0714. The number of hydrogen-bond donors (Lipinski definition) is 0. The van der Waals surface area contributed by atoms with E-state index < -0.39 is 0 Å². The Morgan fingerprint density at radius 3 is 2.47 bits per heavy atom. The SMILES string of the molecule is Brc1cc2c(cn1)Oc1cc3c(cc1C=C2)OCO3. The van der Waals surface area contributed by atoms with Crippen molar-refractivity contribution in [2.45, 2.75) is 0 Å². The third kappa shape index (κ3) is 1.77. The fourth-order valence-corrected chi connectivity index (χ4v) is 2.45. The van der Waals surface area contributed by atoms with Gasteiger partial charge in [-0.1, -0.05) is 12.2 Å². The third-order valence-corrected chi connectivity index (χ3v) is 3.47. The van der Waals surface area contributed by atoms with Gasteiger partial charge in [0.1, 0.15) is 10.4 Å². The van der Waals surface area contributed by atoms with Gasteiger partial charge in [0.15, 0.2) is 17.2 Å². The number of hydrogen-bond acceptors (Lipinski definition) is 4. The minimum absolute atomic E-state index is 0.257. The Morgan fingerprint density at radius 1 is 0.895 bits per heavy atom. The Hall–Kier alpha value is -2.01. The molecule has 3 heterocycles. The minimum Gasteiger partial charge on any atom is -0.454 e. The number of ether oxygens (including phenoxy) is 3. The number of rotatable bonds is 0. The van der Waals surface area contributed by atoms with E-state index in [1.54, 1.807) is 6.20 Å². The highest BCUT2D eigenvalue weighted by Gasteiger charge is 2.19. The van der Waals surface area contributed by atoms with Gasteiger partial charge in [-0.2, -0.15) is 0 Å².